The zero-order chi connectivity index (χ0) is 17.8. The van der Waals surface area contributed by atoms with Crippen molar-refractivity contribution in [3.05, 3.63) is 72.1 Å². The second kappa shape index (κ2) is 7.23. The molecule has 0 atom stereocenters. The summed E-state index contributed by atoms with van der Waals surface area (Å²) >= 11 is 0. The van der Waals surface area contributed by atoms with Gasteiger partial charge >= 0.3 is 0 Å². The molecule has 0 aliphatic carbocycles. The molecule has 2 aromatic carbocycles. The molecule has 0 aliphatic heterocycles. The third kappa shape index (κ3) is 3.49. The van der Waals surface area contributed by atoms with Crippen molar-refractivity contribution in [3.8, 4) is 0 Å². The minimum Gasteiger partial charge on any atom is -0.361 e. The van der Waals surface area contributed by atoms with Crippen molar-refractivity contribution in [1.29, 1.82) is 0 Å². The zero-order valence-corrected chi connectivity index (χ0v) is 14.5. The summed E-state index contributed by atoms with van der Waals surface area (Å²) in [5, 5.41) is 15.9. The van der Waals surface area contributed by atoms with Gasteiger partial charge in [-0.1, -0.05) is 36.4 Å². The highest BCUT2D eigenvalue weighted by atomic mass is 15.3. The molecule has 2 heterocycles. The number of nitrogens with zero attached hydrogens (tertiary/aromatic N) is 3. The van der Waals surface area contributed by atoms with Crippen LogP contribution in [0.25, 0.3) is 10.9 Å². The van der Waals surface area contributed by atoms with Crippen molar-refractivity contribution >= 4 is 28.4 Å². The molecule has 0 radical (unpaired) electrons. The van der Waals surface area contributed by atoms with E-state index in [2.05, 4.69) is 68.2 Å². The maximum Gasteiger partial charge on any atom is 0.244 e. The van der Waals surface area contributed by atoms with Crippen LogP contribution in [0.1, 0.15) is 11.1 Å². The van der Waals surface area contributed by atoms with Gasteiger partial charge < -0.3 is 15.6 Å². The van der Waals surface area contributed by atoms with Crippen LogP contribution in [-0.2, 0) is 6.42 Å². The van der Waals surface area contributed by atoms with E-state index in [0.29, 0.717) is 11.8 Å². The fourth-order valence-corrected chi connectivity index (χ4v) is 2.94. The van der Waals surface area contributed by atoms with Crippen molar-refractivity contribution in [2.75, 3.05) is 17.2 Å². The Labute approximate surface area is 151 Å². The van der Waals surface area contributed by atoms with Crippen LogP contribution in [0.5, 0.6) is 0 Å². The van der Waals surface area contributed by atoms with Crippen LogP contribution in [0, 0.1) is 6.92 Å². The van der Waals surface area contributed by atoms with E-state index < -0.39 is 0 Å². The number of para-hydroxylation sites is 2. The lowest BCUT2D eigenvalue weighted by atomic mass is 10.1. The predicted molar refractivity (Wildman–Crippen MR) is 105 cm³/mol. The first-order valence-corrected chi connectivity index (χ1v) is 8.61. The molecule has 6 nitrogen and oxygen atoms in total. The maximum absolute atomic E-state index is 4.49. The average Bonchev–Trinajstić information content (AvgIpc) is 3.07. The van der Waals surface area contributed by atoms with Gasteiger partial charge in [0.15, 0.2) is 5.82 Å². The topological polar surface area (TPSA) is 78.5 Å². The minimum absolute atomic E-state index is 0.517. The highest BCUT2D eigenvalue weighted by molar-refractivity contribution is 5.83. The maximum atomic E-state index is 4.49. The quantitative estimate of drug-likeness (QED) is 0.492. The lowest BCUT2D eigenvalue weighted by Gasteiger charge is -2.09. The van der Waals surface area contributed by atoms with E-state index in [1.807, 2.05) is 24.3 Å². The molecule has 0 unspecified atom stereocenters. The molecule has 0 fully saturated rings. The molecular formula is C20H20N6. The van der Waals surface area contributed by atoms with Gasteiger partial charge in [0.1, 0.15) is 0 Å². The summed E-state index contributed by atoms with van der Waals surface area (Å²) in [7, 11) is 0. The van der Waals surface area contributed by atoms with Crippen LogP contribution < -0.4 is 10.6 Å². The van der Waals surface area contributed by atoms with Gasteiger partial charge in [0, 0.05) is 29.3 Å². The van der Waals surface area contributed by atoms with Gasteiger partial charge in [-0.2, -0.15) is 10.1 Å². The van der Waals surface area contributed by atoms with Gasteiger partial charge in [0.25, 0.3) is 0 Å². The Morgan fingerprint density at radius 3 is 2.81 bits per heavy atom. The van der Waals surface area contributed by atoms with Gasteiger partial charge in [-0.25, -0.2) is 0 Å². The van der Waals surface area contributed by atoms with Gasteiger partial charge in [-0.05, 0) is 36.6 Å². The Morgan fingerprint density at radius 2 is 1.88 bits per heavy atom. The first kappa shape index (κ1) is 16.1. The summed E-state index contributed by atoms with van der Waals surface area (Å²) in [6.07, 6.45) is 4.56. The molecule has 4 rings (SSSR count). The minimum atomic E-state index is 0.517. The monoisotopic (exact) mass is 344 g/mol. The van der Waals surface area contributed by atoms with Crippen molar-refractivity contribution in [1.82, 2.24) is 20.2 Å². The molecule has 0 spiro atoms. The van der Waals surface area contributed by atoms with Crippen LogP contribution in [-0.4, -0.2) is 26.7 Å². The third-order valence-electron chi connectivity index (χ3n) is 4.32. The highest BCUT2D eigenvalue weighted by Crippen LogP contribution is 2.19. The molecule has 0 aliphatic rings. The molecule has 3 N–H and O–H groups in total. The number of fused-ring (bicyclic) bond motifs is 1. The fraction of sp³-hybridized carbons (Fsp3) is 0.150. The number of anilines is 3. The molecular weight excluding hydrogens is 324 g/mol. The van der Waals surface area contributed by atoms with Gasteiger partial charge in [0.2, 0.25) is 5.95 Å². The smallest absolute Gasteiger partial charge is 0.244 e. The predicted octanol–water partition coefficient (Wildman–Crippen LogP) is 4.06. The number of benzene rings is 2. The number of nitrogens with one attached hydrogen (secondary N) is 3. The molecule has 2 aromatic heterocycles. The normalized spacial score (nSPS) is 10.8. The second-order valence-electron chi connectivity index (χ2n) is 6.14. The summed E-state index contributed by atoms with van der Waals surface area (Å²) in [5.74, 6) is 1.19. The zero-order valence-electron chi connectivity index (χ0n) is 14.5. The van der Waals surface area contributed by atoms with Crippen molar-refractivity contribution < 1.29 is 0 Å². The summed E-state index contributed by atoms with van der Waals surface area (Å²) < 4.78 is 0. The van der Waals surface area contributed by atoms with Crippen LogP contribution in [0.15, 0.2) is 60.9 Å². The number of hydrogen-bond donors (Lipinski definition) is 3. The summed E-state index contributed by atoms with van der Waals surface area (Å²) in [4.78, 5) is 7.78. The lowest BCUT2D eigenvalue weighted by molar-refractivity contribution is 0.931. The molecule has 0 saturated carbocycles. The Hall–Kier alpha value is -3.41. The Morgan fingerprint density at radius 1 is 1.04 bits per heavy atom. The largest absolute Gasteiger partial charge is 0.361 e. The van der Waals surface area contributed by atoms with E-state index >= 15 is 0 Å². The third-order valence-corrected chi connectivity index (χ3v) is 4.32. The van der Waals surface area contributed by atoms with Crippen molar-refractivity contribution in [2.45, 2.75) is 13.3 Å². The number of aromatic amines is 1. The lowest BCUT2D eigenvalue weighted by Crippen LogP contribution is -2.09. The van der Waals surface area contributed by atoms with Crippen molar-refractivity contribution in [3.63, 3.8) is 0 Å². The second-order valence-corrected chi connectivity index (χ2v) is 6.14. The molecule has 6 heteroatoms. The van der Waals surface area contributed by atoms with Crippen molar-refractivity contribution in [2.24, 2.45) is 0 Å². The van der Waals surface area contributed by atoms with E-state index in [1.165, 1.54) is 10.9 Å². The number of hydrogen-bond acceptors (Lipinski definition) is 5. The highest BCUT2D eigenvalue weighted by Gasteiger charge is 2.05. The Kier molecular flexibility index (Phi) is 4.47. The van der Waals surface area contributed by atoms with E-state index in [-0.39, 0.29) is 0 Å². The summed E-state index contributed by atoms with van der Waals surface area (Å²) in [6, 6.07) is 16.4. The molecule has 0 bridgehead atoms. The fourth-order valence-electron chi connectivity index (χ4n) is 2.94. The van der Waals surface area contributed by atoms with Gasteiger partial charge in [0.05, 0.1) is 6.20 Å². The van der Waals surface area contributed by atoms with E-state index in [4.69, 9.17) is 0 Å². The summed E-state index contributed by atoms with van der Waals surface area (Å²) in [6.45, 7) is 2.79. The SMILES string of the molecule is Cc1ccccc1Nc1cnnc(NCCc2c[nH]c3ccccc23)n1. The summed E-state index contributed by atoms with van der Waals surface area (Å²) in [5.41, 5.74) is 4.60. The van der Waals surface area contributed by atoms with Crippen LogP contribution in [0.3, 0.4) is 0 Å². The molecule has 0 amide bonds. The molecule has 26 heavy (non-hydrogen) atoms. The van der Waals surface area contributed by atoms with E-state index in [0.717, 1.165) is 29.7 Å². The number of H-pyrrole nitrogens is 1. The average molecular weight is 344 g/mol. The van der Waals surface area contributed by atoms with E-state index in [9.17, 15) is 0 Å². The number of aromatic nitrogens is 4. The first-order valence-electron chi connectivity index (χ1n) is 8.61. The van der Waals surface area contributed by atoms with Gasteiger partial charge in [-0.15, -0.1) is 5.10 Å². The van der Waals surface area contributed by atoms with Gasteiger partial charge in [-0.3, -0.25) is 0 Å². The van der Waals surface area contributed by atoms with Crippen LogP contribution in [0.4, 0.5) is 17.5 Å². The van der Waals surface area contributed by atoms with Crippen LogP contribution in [0.2, 0.25) is 0 Å². The molecule has 130 valence electrons. The molecule has 4 aromatic rings. The van der Waals surface area contributed by atoms with E-state index in [1.54, 1.807) is 6.20 Å². The Bertz CT molecular complexity index is 1020. The van der Waals surface area contributed by atoms with Crippen LogP contribution >= 0.6 is 0 Å². The first-order chi connectivity index (χ1) is 12.8. The standard InChI is InChI=1S/C20H20N6/c1-14-6-2-4-8-17(14)24-19-13-23-26-20(25-19)21-11-10-15-12-22-18-9-5-3-7-16(15)18/h2-9,12-13,22H,10-11H2,1H3,(H2,21,24,25,26). The Balaban J connectivity index is 1.40. The number of rotatable bonds is 6. The molecule has 0 saturated heterocycles. The number of aryl methyl sites for hydroxylation is 1.